The lowest BCUT2D eigenvalue weighted by Gasteiger charge is -2.16. The predicted octanol–water partition coefficient (Wildman–Crippen LogP) is 1.16. The van der Waals surface area contributed by atoms with Gasteiger partial charge in [-0.3, -0.25) is 0 Å². The van der Waals surface area contributed by atoms with Gasteiger partial charge in [0.15, 0.2) is 0 Å². The first kappa shape index (κ1) is 9.52. The summed E-state index contributed by atoms with van der Waals surface area (Å²) >= 11 is 0. The zero-order chi connectivity index (χ0) is 9.97. The molecule has 0 atom stereocenters. The molecule has 1 aromatic heterocycles. The normalized spacial score (nSPS) is 15.4. The van der Waals surface area contributed by atoms with Gasteiger partial charge in [-0.15, -0.1) is 0 Å². The Kier molecular flexibility index (Phi) is 2.72. The van der Waals surface area contributed by atoms with Crippen molar-refractivity contribution >= 4 is 0 Å². The molecule has 0 radical (unpaired) electrons. The third kappa shape index (κ3) is 1.90. The molecule has 0 spiro atoms. The minimum atomic E-state index is 0.495. The summed E-state index contributed by atoms with van der Waals surface area (Å²) in [7, 11) is 0. The Morgan fingerprint density at radius 2 is 2.50 bits per heavy atom. The lowest BCUT2D eigenvalue weighted by molar-refractivity contribution is 0.227. The summed E-state index contributed by atoms with van der Waals surface area (Å²) in [5, 5.41) is 7.65. The fraction of sp³-hybridized carbons (Fsp3) is 0.700. The summed E-state index contributed by atoms with van der Waals surface area (Å²) in [5.74, 6) is 0.949. The molecule has 2 rings (SSSR count). The minimum Gasteiger partial charge on any atom is -0.478 e. The van der Waals surface area contributed by atoms with Crippen LogP contribution in [0.1, 0.15) is 25.8 Å². The molecule has 0 unspecified atom stereocenters. The first-order valence-corrected chi connectivity index (χ1v) is 5.18. The van der Waals surface area contributed by atoms with E-state index in [0.717, 1.165) is 32.0 Å². The summed E-state index contributed by atoms with van der Waals surface area (Å²) in [6.07, 6.45) is 2.96. The largest absolute Gasteiger partial charge is 0.478 e. The highest BCUT2D eigenvalue weighted by Crippen LogP contribution is 2.21. The van der Waals surface area contributed by atoms with Gasteiger partial charge in [0, 0.05) is 31.1 Å². The van der Waals surface area contributed by atoms with Gasteiger partial charge in [-0.2, -0.15) is 5.10 Å². The van der Waals surface area contributed by atoms with Crippen LogP contribution in [0, 0.1) is 0 Å². The number of aromatic nitrogens is 2. The lowest BCUT2D eigenvalue weighted by Crippen LogP contribution is -2.22. The van der Waals surface area contributed by atoms with Gasteiger partial charge >= 0.3 is 0 Å². The number of ether oxygens (including phenoxy) is 1. The number of hydrogen-bond acceptors (Lipinski definition) is 3. The Balaban J connectivity index is 2.06. The van der Waals surface area contributed by atoms with Gasteiger partial charge in [0.25, 0.3) is 0 Å². The van der Waals surface area contributed by atoms with Crippen LogP contribution >= 0.6 is 0 Å². The van der Waals surface area contributed by atoms with Crippen molar-refractivity contribution in [2.24, 2.45) is 0 Å². The van der Waals surface area contributed by atoms with Gasteiger partial charge in [-0.05, 0) is 0 Å². The zero-order valence-electron chi connectivity index (χ0n) is 8.79. The van der Waals surface area contributed by atoms with Crippen molar-refractivity contribution in [3.05, 3.63) is 11.8 Å². The van der Waals surface area contributed by atoms with Crippen LogP contribution in [0.15, 0.2) is 6.20 Å². The quantitative estimate of drug-likeness (QED) is 0.786. The number of rotatable bonds is 3. The van der Waals surface area contributed by atoms with E-state index in [-0.39, 0.29) is 0 Å². The first-order chi connectivity index (χ1) is 6.77. The highest BCUT2D eigenvalue weighted by molar-refractivity contribution is 5.24. The van der Waals surface area contributed by atoms with Crippen molar-refractivity contribution in [1.82, 2.24) is 15.1 Å². The number of nitrogens with zero attached hydrogens (tertiary/aromatic N) is 2. The van der Waals surface area contributed by atoms with Crippen LogP contribution in [0.25, 0.3) is 0 Å². The second-order valence-electron chi connectivity index (χ2n) is 3.94. The lowest BCUT2D eigenvalue weighted by atomic mass is 10.3. The molecule has 0 saturated carbocycles. The van der Waals surface area contributed by atoms with Gasteiger partial charge in [-0.1, -0.05) is 13.8 Å². The number of hydrogen-bond donors (Lipinski definition) is 1. The molecule has 78 valence electrons. The van der Waals surface area contributed by atoms with E-state index in [1.807, 2.05) is 10.9 Å². The van der Waals surface area contributed by atoms with E-state index < -0.39 is 0 Å². The predicted molar refractivity (Wildman–Crippen MR) is 54.3 cm³/mol. The topological polar surface area (TPSA) is 39.1 Å². The summed E-state index contributed by atoms with van der Waals surface area (Å²) in [4.78, 5) is 0. The molecule has 1 aliphatic heterocycles. The summed E-state index contributed by atoms with van der Waals surface area (Å²) in [6, 6.07) is 0.495. The minimum absolute atomic E-state index is 0.495. The molecule has 0 amide bonds. The highest BCUT2D eigenvalue weighted by Gasteiger charge is 2.15. The van der Waals surface area contributed by atoms with E-state index in [1.54, 1.807) is 0 Å². The fourth-order valence-corrected chi connectivity index (χ4v) is 1.56. The smallest absolute Gasteiger partial charge is 0.216 e. The van der Waals surface area contributed by atoms with E-state index in [0.29, 0.717) is 6.04 Å². The first-order valence-electron chi connectivity index (χ1n) is 5.18. The van der Waals surface area contributed by atoms with E-state index in [9.17, 15) is 0 Å². The monoisotopic (exact) mass is 195 g/mol. The molecule has 2 heterocycles. The van der Waals surface area contributed by atoms with Crippen molar-refractivity contribution in [3.8, 4) is 5.88 Å². The van der Waals surface area contributed by atoms with Gasteiger partial charge in [0.1, 0.15) is 0 Å². The molecule has 4 heteroatoms. The average Bonchev–Trinajstić information content (AvgIpc) is 2.58. The maximum absolute atomic E-state index is 5.59. The van der Waals surface area contributed by atoms with E-state index in [4.69, 9.17) is 4.74 Å². The van der Waals surface area contributed by atoms with Crippen LogP contribution in [0.3, 0.4) is 0 Å². The highest BCUT2D eigenvalue weighted by atomic mass is 16.5. The van der Waals surface area contributed by atoms with Gasteiger partial charge < -0.3 is 10.1 Å². The van der Waals surface area contributed by atoms with E-state index >= 15 is 0 Å². The van der Waals surface area contributed by atoms with Gasteiger partial charge in [0.2, 0.25) is 5.88 Å². The van der Waals surface area contributed by atoms with Crippen LogP contribution in [0.2, 0.25) is 0 Å². The number of aryl methyl sites for hydroxylation is 1. The van der Waals surface area contributed by atoms with Crippen LogP contribution in [0.5, 0.6) is 5.88 Å². The van der Waals surface area contributed by atoms with Gasteiger partial charge in [-0.25, -0.2) is 4.68 Å². The van der Waals surface area contributed by atoms with Gasteiger partial charge in [0.05, 0.1) is 12.8 Å². The molecule has 0 saturated heterocycles. The molecule has 0 bridgehead atoms. The third-order valence-corrected chi connectivity index (χ3v) is 2.32. The van der Waals surface area contributed by atoms with E-state index in [2.05, 4.69) is 24.3 Å². The second-order valence-corrected chi connectivity index (χ2v) is 3.94. The Morgan fingerprint density at radius 3 is 3.29 bits per heavy atom. The summed E-state index contributed by atoms with van der Waals surface area (Å²) < 4.78 is 7.53. The molecule has 0 aromatic carbocycles. The third-order valence-electron chi connectivity index (χ3n) is 2.32. The Labute approximate surface area is 84.3 Å². The van der Waals surface area contributed by atoms with E-state index in [1.165, 1.54) is 5.56 Å². The van der Waals surface area contributed by atoms with Crippen LogP contribution in [0.4, 0.5) is 0 Å². The average molecular weight is 195 g/mol. The van der Waals surface area contributed by atoms with Crippen molar-refractivity contribution < 1.29 is 4.74 Å². The molecular formula is C10H17N3O. The van der Waals surface area contributed by atoms with Crippen molar-refractivity contribution in [2.45, 2.75) is 39.4 Å². The zero-order valence-corrected chi connectivity index (χ0v) is 8.79. The second kappa shape index (κ2) is 4.00. The maximum atomic E-state index is 5.59. The van der Waals surface area contributed by atoms with Crippen LogP contribution < -0.4 is 10.1 Å². The van der Waals surface area contributed by atoms with Crippen molar-refractivity contribution in [2.75, 3.05) is 6.61 Å². The molecule has 1 aliphatic rings. The standard InChI is InChI=1S/C10H17N3O/c1-8(2)11-6-9-7-12-13-4-3-5-14-10(9)13/h7-8,11H,3-6H2,1-2H3. The Morgan fingerprint density at radius 1 is 1.64 bits per heavy atom. The molecule has 4 nitrogen and oxygen atoms in total. The summed E-state index contributed by atoms with van der Waals surface area (Å²) in [6.45, 7) is 6.91. The maximum Gasteiger partial charge on any atom is 0.216 e. The number of fused-ring (bicyclic) bond motifs is 1. The van der Waals surface area contributed by atoms with Crippen molar-refractivity contribution in [1.29, 1.82) is 0 Å². The molecule has 1 aromatic rings. The SMILES string of the molecule is CC(C)NCc1cnn2c1OCCC2. The molecule has 0 aliphatic carbocycles. The van der Waals surface area contributed by atoms with Crippen molar-refractivity contribution in [3.63, 3.8) is 0 Å². The molecular weight excluding hydrogens is 178 g/mol. The Bertz CT molecular complexity index is 306. The summed E-state index contributed by atoms with van der Waals surface area (Å²) in [5.41, 5.74) is 1.17. The Hall–Kier alpha value is -1.03. The molecule has 1 N–H and O–H groups in total. The number of nitrogens with one attached hydrogen (secondary N) is 1. The van der Waals surface area contributed by atoms with Crippen LogP contribution in [-0.4, -0.2) is 22.4 Å². The van der Waals surface area contributed by atoms with Crippen LogP contribution in [-0.2, 0) is 13.1 Å². The molecule has 14 heavy (non-hydrogen) atoms. The fourth-order valence-electron chi connectivity index (χ4n) is 1.56. The molecule has 0 fully saturated rings.